The zero-order chi connectivity index (χ0) is 7.49. The fourth-order valence-corrected chi connectivity index (χ4v) is 2.58. The molecule has 0 radical (unpaired) electrons. The fourth-order valence-electron chi connectivity index (χ4n) is 0.287. The normalized spacial score (nSPS) is 13.9. The molecule has 0 rings (SSSR count). The average Bonchev–Trinajstić information content (AvgIpc) is 1.62. The van der Waals surface area contributed by atoms with Crippen LogP contribution in [0.4, 0.5) is 0 Å². The lowest BCUT2D eigenvalue weighted by molar-refractivity contribution is 0.615. The van der Waals surface area contributed by atoms with Gasteiger partial charge in [-0.25, -0.2) is 8.42 Å². The predicted octanol–water partition coefficient (Wildman–Crippen LogP) is 1.60. The van der Waals surface area contributed by atoms with E-state index in [1.807, 2.05) is 6.92 Å². The van der Waals surface area contributed by atoms with E-state index in [4.69, 9.17) is 0 Å². The molecule has 4 heteroatoms. The van der Waals surface area contributed by atoms with E-state index in [1.54, 1.807) is 13.0 Å². The second-order valence-corrected chi connectivity index (χ2v) is 6.22. The topological polar surface area (TPSA) is 34.1 Å². The minimum Gasteiger partial charge on any atom is -0.217 e. The number of hydrogen-bond donors (Lipinski definition) is 0. The molecule has 0 aliphatic carbocycles. The lowest BCUT2D eigenvalue weighted by atomic mass is 10.6. The highest BCUT2D eigenvalue weighted by atomic mass is 33.1. The van der Waals surface area contributed by atoms with E-state index in [2.05, 4.69) is 0 Å². The van der Waals surface area contributed by atoms with Crippen LogP contribution in [0.2, 0.25) is 0 Å². The third kappa shape index (κ3) is 5.92. The molecule has 0 saturated carbocycles. The summed E-state index contributed by atoms with van der Waals surface area (Å²) in [5.74, 6) is 0. The maximum Gasteiger partial charge on any atom is 0.202 e. The Bertz CT molecular complexity index is 201. The summed E-state index contributed by atoms with van der Waals surface area (Å²) < 4.78 is 21.0. The molecule has 0 spiro atoms. The van der Waals surface area contributed by atoms with E-state index in [0.717, 1.165) is 15.7 Å². The summed E-state index contributed by atoms with van der Waals surface area (Å²) in [5.41, 5.74) is 0. The highest BCUT2D eigenvalue weighted by Gasteiger charge is 2.01. The first kappa shape index (κ1) is 9.04. The zero-order valence-corrected chi connectivity index (χ0v) is 7.34. The van der Waals surface area contributed by atoms with E-state index in [0.29, 0.717) is 0 Å². The van der Waals surface area contributed by atoms with Gasteiger partial charge in [0.25, 0.3) is 0 Å². The first-order chi connectivity index (χ1) is 3.95. The van der Waals surface area contributed by atoms with E-state index in [1.165, 1.54) is 6.26 Å². The number of allylic oxidation sites excluding steroid dienone is 2. The Kier molecular flexibility index (Phi) is 3.28. The molecule has 0 N–H and O–H groups in total. The van der Waals surface area contributed by atoms with Gasteiger partial charge in [-0.15, -0.1) is 0 Å². The first-order valence-electron chi connectivity index (χ1n) is 2.48. The monoisotopic (exact) mass is 166 g/mol. The lowest BCUT2D eigenvalue weighted by Gasteiger charge is -1.93. The van der Waals surface area contributed by atoms with E-state index in [9.17, 15) is 8.42 Å². The van der Waals surface area contributed by atoms with Crippen molar-refractivity contribution in [3.63, 3.8) is 0 Å². The van der Waals surface area contributed by atoms with Crippen LogP contribution in [-0.4, -0.2) is 14.7 Å². The predicted molar refractivity (Wildman–Crippen MR) is 41.9 cm³/mol. The third-order valence-electron chi connectivity index (χ3n) is 0.689. The van der Waals surface area contributed by atoms with Crippen LogP contribution in [0.3, 0.4) is 0 Å². The van der Waals surface area contributed by atoms with Crippen LogP contribution in [-0.2, 0) is 8.87 Å². The maximum atomic E-state index is 10.5. The molecule has 0 amide bonds. The molecular weight excluding hydrogens is 156 g/mol. The van der Waals surface area contributed by atoms with Gasteiger partial charge >= 0.3 is 0 Å². The van der Waals surface area contributed by atoms with Gasteiger partial charge in [-0.05, 0) is 29.5 Å². The Labute approximate surface area is 59.7 Å². The molecule has 0 fully saturated rings. The van der Waals surface area contributed by atoms with Gasteiger partial charge in [0.1, 0.15) is 0 Å². The molecule has 0 bridgehead atoms. The standard InChI is InChI=1S/C5H10O2S2/c1-4-5(2)8-9(3,6)7/h4H,1-3H3. The summed E-state index contributed by atoms with van der Waals surface area (Å²) in [4.78, 5) is 0.817. The Hall–Kier alpha value is 0.0400. The summed E-state index contributed by atoms with van der Waals surface area (Å²) in [6.07, 6.45) is 2.97. The third-order valence-corrected chi connectivity index (χ3v) is 3.19. The molecule has 0 heterocycles. The fraction of sp³-hybridized carbons (Fsp3) is 0.600. The minimum absolute atomic E-state index is 0.817. The molecule has 54 valence electrons. The summed E-state index contributed by atoms with van der Waals surface area (Å²) in [6, 6.07) is 0. The van der Waals surface area contributed by atoms with Crippen molar-refractivity contribution in [1.29, 1.82) is 0 Å². The smallest absolute Gasteiger partial charge is 0.202 e. The van der Waals surface area contributed by atoms with Crippen molar-refractivity contribution in [3.8, 4) is 0 Å². The summed E-state index contributed by atoms with van der Waals surface area (Å²) in [6.45, 7) is 3.58. The van der Waals surface area contributed by atoms with Crippen LogP contribution in [0.15, 0.2) is 11.0 Å². The molecule has 0 atom stereocenters. The van der Waals surface area contributed by atoms with Gasteiger partial charge in [0.05, 0.1) is 0 Å². The van der Waals surface area contributed by atoms with Crippen molar-refractivity contribution >= 4 is 19.7 Å². The van der Waals surface area contributed by atoms with Crippen LogP contribution in [0.25, 0.3) is 0 Å². The van der Waals surface area contributed by atoms with Crippen molar-refractivity contribution in [3.05, 3.63) is 11.0 Å². The number of rotatable bonds is 2. The van der Waals surface area contributed by atoms with E-state index in [-0.39, 0.29) is 0 Å². The molecule has 0 aliphatic rings. The van der Waals surface area contributed by atoms with Crippen molar-refractivity contribution < 1.29 is 8.42 Å². The van der Waals surface area contributed by atoms with Gasteiger partial charge in [0, 0.05) is 6.26 Å². The van der Waals surface area contributed by atoms with Crippen LogP contribution >= 0.6 is 10.8 Å². The Morgan fingerprint density at radius 3 is 2.11 bits per heavy atom. The van der Waals surface area contributed by atoms with Crippen LogP contribution in [0, 0.1) is 0 Å². The lowest BCUT2D eigenvalue weighted by Crippen LogP contribution is -1.86. The molecule has 0 aromatic rings. The molecule has 0 unspecified atom stereocenters. The largest absolute Gasteiger partial charge is 0.217 e. The minimum atomic E-state index is -2.89. The Balaban J connectivity index is 4.07. The van der Waals surface area contributed by atoms with Gasteiger partial charge in [-0.1, -0.05) is 6.08 Å². The van der Waals surface area contributed by atoms with Gasteiger partial charge in [-0.3, -0.25) is 0 Å². The molecule has 2 nitrogen and oxygen atoms in total. The quantitative estimate of drug-likeness (QED) is 0.584. The van der Waals surface area contributed by atoms with E-state index >= 15 is 0 Å². The molecular formula is C5H10O2S2. The summed E-state index contributed by atoms with van der Waals surface area (Å²) in [5, 5.41) is 0. The highest BCUT2D eigenvalue weighted by Crippen LogP contribution is 2.19. The molecule has 9 heavy (non-hydrogen) atoms. The van der Waals surface area contributed by atoms with Gasteiger partial charge in [0.2, 0.25) is 8.87 Å². The molecule has 0 aliphatic heterocycles. The van der Waals surface area contributed by atoms with Crippen molar-refractivity contribution in [2.45, 2.75) is 13.8 Å². The second kappa shape index (κ2) is 3.27. The Morgan fingerprint density at radius 2 is 2.00 bits per heavy atom. The van der Waals surface area contributed by atoms with Crippen LogP contribution in [0.1, 0.15) is 13.8 Å². The molecule has 0 saturated heterocycles. The van der Waals surface area contributed by atoms with Gasteiger partial charge in [0.15, 0.2) is 0 Å². The average molecular weight is 166 g/mol. The maximum absolute atomic E-state index is 10.5. The Morgan fingerprint density at radius 1 is 1.56 bits per heavy atom. The van der Waals surface area contributed by atoms with E-state index < -0.39 is 8.87 Å². The van der Waals surface area contributed by atoms with Crippen molar-refractivity contribution in [2.75, 3.05) is 6.26 Å². The number of hydrogen-bond acceptors (Lipinski definition) is 3. The van der Waals surface area contributed by atoms with Crippen molar-refractivity contribution in [1.82, 2.24) is 0 Å². The summed E-state index contributed by atoms with van der Waals surface area (Å²) >= 11 is 0. The van der Waals surface area contributed by atoms with Gasteiger partial charge < -0.3 is 0 Å². The summed E-state index contributed by atoms with van der Waals surface area (Å²) in [7, 11) is -2.00. The van der Waals surface area contributed by atoms with Crippen LogP contribution in [0.5, 0.6) is 0 Å². The first-order valence-corrected chi connectivity index (χ1v) is 5.70. The second-order valence-electron chi connectivity index (χ2n) is 1.69. The van der Waals surface area contributed by atoms with Gasteiger partial charge in [-0.2, -0.15) is 0 Å². The zero-order valence-electron chi connectivity index (χ0n) is 5.71. The highest BCUT2D eigenvalue weighted by molar-refractivity contribution is 8.73. The van der Waals surface area contributed by atoms with Crippen molar-refractivity contribution in [2.24, 2.45) is 0 Å². The van der Waals surface area contributed by atoms with Crippen LogP contribution < -0.4 is 0 Å². The molecule has 0 aromatic carbocycles. The SMILES string of the molecule is CC=C(C)SS(C)(=O)=O. The molecule has 0 aromatic heterocycles.